The van der Waals surface area contributed by atoms with Gasteiger partial charge in [-0.1, -0.05) is 21.6 Å². The standard InChI is InChI=1S/C6H10N4S2/c1-5(2-8-7-1)11-12-6-3-9-10-4-6/h1,3,7-10H,2,4H2. The van der Waals surface area contributed by atoms with Crippen molar-refractivity contribution < 1.29 is 0 Å². The molecule has 0 aromatic heterocycles. The fraction of sp³-hybridized carbons (Fsp3) is 0.333. The lowest BCUT2D eigenvalue weighted by atomic mass is 10.6. The zero-order chi connectivity index (χ0) is 8.23. The minimum atomic E-state index is 0.922. The van der Waals surface area contributed by atoms with E-state index in [0.717, 1.165) is 13.1 Å². The zero-order valence-electron chi connectivity index (χ0n) is 6.39. The highest BCUT2D eigenvalue weighted by molar-refractivity contribution is 8.79. The topological polar surface area (TPSA) is 48.1 Å². The summed E-state index contributed by atoms with van der Waals surface area (Å²) in [7, 11) is 3.57. The molecule has 0 saturated heterocycles. The first-order valence-electron chi connectivity index (χ1n) is 3.64. The highest BCUT2D eigenvalue weighted by Gasteiger charge is 2.08. The summed E-state index contributed by atoms with van der Waals surface area (Å²) in [6.07, 6.45) is 3.99. The Hall–Kier alpha value is -0.300. The monoisotopic (exact) mass is 202 g/mol. The number of nitrogens with one attached hydrogen (secondary N) is 4. The molecule has 0 bridgehead atoms. The van der Waals surface area contributed by atoms with Gasteiger partial charge in [0.15, 0.2) is 0 Å². The Morgan fingerprint density at radius 2 is 1.42 bits per heavy atom. The van der Waals surface area contributed by atoms with Gasteiger partial charge in [0.25, 0.3) is 0 Å². The third-order valence-electron chi connectivity index (χ3n) is 1.45. The molecule has 0 atom stereocenters. The van der Waals surface area contributed by atoms with E-state index in [1.165, 1.54) is 9.81 Å². The SMILES string of the molecule is C1=C(SSC2=CNNC2)CNN1. The largest absolute Gasteiger partial charge is 0.328 e. The number of rotatable bonds is 3. The van der Waals surface area contributed by atoms with Crippen LogP contribution in [0.25, 0.3) is 0 Å². The van der Waals surface area contributed by atoms with Crippen LogP contribution in [0.2, 0.25) is 0 Å². The minimum Gasteiger partial charge on any atom is -0.328 e. The van der Waals surface area contributed by atoms with E-state index < -0.39 is 0 Å². The van der Waals surface area contributed by atoms with Crippen molar-refractivity contribution >= 4 is 21.6 Å². The molecule has 4 N–H and O–H groups in total. The van der Waals surface area contributed by atoms with Crippen LogP contribution in [0.4, 0.5) is 0 Å². The summed E-state index contributed by atoms with van der Waals surface area (Å²) in [6.45, 7) is 1.84. The molecule has 0 fully saturated rings. The molecule has 66 valence electrons. The van der Waals surface area contributed by atoms with Gasteiger partial charge in [-0.3, -0.25) is 0 Å². The molecular formula is C6H10N4S2. The first-order valence-corrected chi connectivity index (χ1v) is 5.79. The van der Waals surface area contributed by atoms with E-state index in [0.29, 0.717) is 0 Å². The molecule has 2 aliphatic rings. The number of hydrogen-bond acceptors (Lipinski definition) is 6. The molecule has 0 radical (unpaired) electrons. The van der Waals surface area contributed by atoms with Crippen LogP contribution in [0.1, 0.15) is 0 Å². The van der Waals surface area contributed by atoms with Gasteiger partial charge in [0.2, 0.25) is 0 Å². The van der Waals surface area contributed by atoms with E-state index >= 15 is 0 Å². The molecule has 0 amide bonds. The second-order valence-corrected chi connectivity index (χ2v) is 4.77. The third kappa shape index (κ3) is 2.10. The van der Waals surface area contributed by atoms with Crippen LogP contribution in [0.15, 0.2) is 22.2 Å². The highest BCUT2D eigenvalue weighted by atomic mass is 33.1. The van der Waals surface area contributed by atoms with Crippen molar-refractivity contribution in [1.29, 1.82) is 0 Å². The van der Waals surface area contributed by atoms with Crippen molar-refractivity contribution in [3.8, 4) is 0 Å². The van der Waals surface area contributed by atoms with Gasteiger partial charge in [0.1, 0.15) is 0 Å². The molecule has 2 aliphatic heterocycles. The smallest absolute Gasteiger partial charge is 0.0482 e. The van der Waals surface area contributed by atoms with Crippen molar-refractivity contribution in [2.24, 2.45) is 0 Å². The van der Waals surface area contributed by atoms with E-state index in [1.54, 1.807) is 21.6 Å². The summed E-state index contributed by atoms with van der Waals surface area (Å²) >= 11 is 0. The van der Waals surface area contributed by atoms with E-state index in [1.807, 2.05) is 12.4 Å². The Morgan fingerprint density at radius 1 is 0.917 bits per heavy atom. The van der Waals surface area contributed by atoms with Crippen molar-refractivity contribution in [3.05, 3.63) is 22.2 Å². The summed E-state index contributed by atoms with van der Waals surface area (Å²) in [6, 6.07) is 0. The molecule has 0 aromatic rings. The molecule has 2 rings (SSSR count). The first-order chi connectivity index (χ1) is 5.95. The Kier molecular flexibility index (Phi) is 2.83. The maximum Gasteiger partial charge on any atom is 0.0482 e. The van der Waals surface area contributed by atoms with Crippen LogP contribution in [0, 0.1) is 0 Å². The number of hydrazine groups is 2. The highest BCUT2D eigenvalue weighted by Crippen LogP contribution is 2.36. The molecule has 0 spiro atoms. The van der Waals surface area contributed by atoms with E-state index in [2.05, 4.69) is 21.7 Å². The summed E-state index contributed by atoms with van der Waals surface area (Å²) < 4.78 is 0. The van der Waals surface area contributed by atoms with Gasteiger partial charge in [-0.05, 0) is 0 Å². The second-order valence-electron chi connectivity index (χ2n) is 2.38. The van der Waals surface area contributed by atoms with Crippen LogP contribution in [0.3, 0.4) is 0 Å². The Bertz CT molecular complexity index is 202. The molecule has 0 aromatic carbocycles. The maximum absolute atomic E-state index is 3.02. The van der Waals surface area contributed by atoms with E-state index in [9.17, 15) is 0 Å². The molecule has 4 nitrogen and oxygen atoms in total. The average molecular weight is 202 g/mol. The molecule has 12 heavy (non-hydrogen) atoms. The van der Waals surface area contributed by atoms with Crippen molar-refractivity contribution in [1.82, 2.24) is 21.7 Å². The van der Waals surface area contributed by atoms with Crippen molar-refractivity contribution in [2.75, 3.05) is 13.1 Å². The summed E-state index contributed by atoms with van der Waals surface area (Å²) in [4.78, 5) is 2.65. The van der Waals surface area contributed by atoms with Gasteiger partial charge in [-0.25, -0.2) is 10.9 Å². The van der Waals surface area contributed by atoms with Gasteiger partial charge in [0, 0.05) is 35.3 Å². The van der Waals surface area contributed by atoms with Gasteiger partial charge >= 0.3 is 0 Å². The van der Waals surface area contributed by atoms with Crippen LogP contribution in [-0.2, 0) is 0 Å². The average Bonchev–Trinajstić information content (AvgIpc) is 2.74. The zero-order valence-corrected chi connectivity index (χ0v) is 8.02. The van der Waals surface area contributed by atoms with Crippen LogP contribution < -0.4 is 21.7 Å². The lowest BCUT2D eigenvalue weighted by molar-refractivity contribution is 0.726. The fourth-order valence-electron chi connectivity index (χ4n) is 0.855. The van der Waals surface area contributed by atoms with E-state index in [4.69, 9.17) is 0 Å². The lowest BCUT2D eigenvalue weighted by Gasteiger charge is -1.98. The molecule has 6 heteroatoms. The first kappa shape index (κ1) is 8.31. The van der Waals surface area contributed by atoms with Crippen LogP contribution in [-0.4, -0.2) is 13.1 Å². The lowest BCUT2D eigenvalue weighted by Crippen LogP contribution is -2.20. The van der Waals surface area contributed by atoms with E-state index in [-0.39, 0.29) is 0 Å². The molecular weight excluding hydrogens is 192 g/mol. The Morgan fingerprint density at radius 3 is 1.75 bits per heavy atom. The third-order valence-corrected chi connectivity index (χ3v) is 4.02. The maximum atomic E-state index is 3.02. The Labute approximate surface area is 79.0 Å². The van der Waals surface area contributed by atoms with Crippen molar-refractivity contribution in [3.63, 3.8) is 0 Å². The summed E-state index contributed by atoms with van der Waals surface area (Å²) in [5.41, 5.74) is 11.9. The van der Waals surface area contributed by atoms with Gasteiger partial charge in [-0.15, -0.1) is 0 Å². The van der Waals surface area contributed by atoms with Crippen LogP contribution >= 0.6 is 21.6 Å². The second kappa shape index (κ2) is 4.08. The molecule has 2 heterocycles. The van der Waals surface area contributed by atoms with Gasteiger partial charge in [0.05, 0.1) is 0 Å². The predicted octanol–water partition coefficient (Wildman–Crippen LogP) is 0.266. The summed E-state index contributed by atoms with van der Waals surface area (Å²) in [5.74, 6) is 0. The van der Waals surface area contributed by atoms with Gasteiger partial charge in [-0.2, -0.15) is 0 Å². The van der Waals surface area contributed by atoms with Crippen molar-refractivity contribution in [2.45, 2.75) is 0 Å². The number of hydrogen-bond donors (Lipinski definition) is 4. The molecule has 0 unspecified atom stereocenters. The quantitative estimate of drug-likeness (QED) is 0.493. The summed E-state index contributed by atoms with van der Waals surface area (Å²) in [5, 5.41) is 0. The minimum absolute atomic E-state index is 0.922. The molecule has 0 saturated carbocycles. The normalized spacial score (nSPS) is 21.3. The molecule has 0 aliphatic carbocycles. The Balaban J connectivity index is 1.74. The predicted molar refractivity (Wildman–Crippen MR) is 53.6 cm³/mol. The van der Waals surface area contributed by atoms with Gasteiger partial charge < -0.3 is 10.9 Å². The van der Waals surface area contributed by atoms with Crippen LogP contribution in [0.5, 0.6) is 0 Å². The fourth-order valence-corrected chi connectivity index (χ4v) is 2.83.